The molecule has 0 aromatic heterocycles. The SMILES string of the molecule is COc1c2cccc1Cc1cc(I)cc(c1O)Cc1cccc(c1OC)Cc1cc(I)cc(c1O)C2. The molecule has 0 spiro atoms. The Labute approximate surface area is 238 Å². The van der Waals surface area contributed by atoms with E-state index in [0.29, 0.717) is 37.2 Å². The second-order valence-electron chi connectivity index (χ2n) is 9.07. The van der Waals surface area contributed by atoms with Crippen molar-refractivity contribution in [2.24, 2.45) is 0 Å². The molecule has 0 saturated carbocycles. The molecule has 4 nitrogen and oxygen atoms in total. The van der Waals surface area contributed by atoms with E-state index < -0.39 is 0 Å². The summed E-state index contributed by atoms with van der Waals surface area (Å²) in [4.78, 5) is 0. The molecule has 0 fully saturated rings. The van der Waals surface area contributed by atoms with Crippen LogP contribution in [0, 0.1) is 7.14 Å². The molecule has 1 aliphatic rings. The number of ether oxygens (including phenoxy) is 2. The van der Waals surface area contributed by atoms with Crippen LogP contribution in [0.5, 0.6) is 23.0 Å². The Morgan fingerprint density at radius 1 is 0.528 bits per heavy atom. The minimum absolute atomic E-state index is 0.305. The molecule has 0 heterocycles. The first-order valence-electron chi connectivity index (χ1n) is 11.7. The molecule has 36 heavy (non-hydrogen) atoms. The monoisotopic (exact) mass is 704 g/mol. The van der Waals surface area contributed by atoms with Crippen molar-refractivity contribution in [2.75, 3.05) is 14.2 Å². The Kier molecular flexibility index (Phi) is 7.35. The Bertz CT molecular complexity index is 1260. The van der Waals surface area contributed by atoms with E-state index in [9.17, 15) is 10.2 Å². The average molecular weight is 704 g/mol. The molecule has 4 aromatic carbocycles. The third-order valence-corrected chi connectivity index (χ3v) is 8.00. The van der Waals surface area contributed by atoms with E-state index in [1.807, 2.05) is 60.7 Å². The van der Waals surface area contributed by atoms with E-state index in [0.717, 1.165) is 63.1 Å². The van der Waals surface area contributed by atoms with Crippen LogP contribution >= 0.6 is 45.2 Å². The van der Waals surface area contributed by atoms with Gasteiger partial charge in [-0.1, -0.05) is 36.4 Å². The number of halogens is 2. The lowest BCUT2D eigenvalue weighted by Crippen LogP contribution is -2.04. The van der Waals surface area contributed by atoms with E-state index >= 15 is 0 Å². The zero-order chi connectivity index (χ0) is 25.4. The summed E-state index contributed by atoms with van der Waals surface area (Å²) >= 11 is 4.62. The lowest BCUT2D eigenvalue weighted by molar-refractivity contribution is 0.404. The second-order valence-corrected chi connectivity index (χ2v) is 11.6. The van der Waals surface area contributed by atoms with E-state index in [-0.39, 0.29) is 0 Å². The van der Waals surface area contributed by atoms with Gasteiger partial charge in [-0.25, -0.2) is 0 Å². The van der Waals surface area contributed by atoms with Crippen molar-refractivity contribution in [1.29, 1.82) is 0 Å². The van der Waals surface area contributed by atoms with Crippen molar-refractivity contribution in [3.8, 4) is 23.0 Å². The molecule has 0 radical (unpaired) electrons. The smallest absolute Gasteiger partial charge is 0.125 e. The lowest BCUT2D eigenvalue weighted by Gasteiger charge is -2.19. The van der Waals surface area contributed by atoms with Crippen LogP contribution in [-0.4, -0.2) is 24.4 Å². The molecule has 0 amide bonds. The summed E-state index contributed by atoms with van der Waals surface area (Å²) < 4.78 is 13.9. The van der Waals surface area contributed by atoms with E-state index in [2.05, 4.69) is 45.2 Å². The minimum Gasteiger partial charge on any atom is -0.507 e. The summed E-state index contributed by atoms with van der Waals surface area (Å²) in [5.74, 6) is 2.19. The van der Waals surface area contributed by atoms with Crippen molar-refractivity contribution < 1.29 is 19.7 Å². The topological polar surface area (TPSA) is 58.9 Å². The third kappa shape index (κ3) is 4.89. The predicted octanol–water partition coefficient (Wildman–Crippen LogP) is 7.00. The minimum atomic E-state index is 0.305. The molecule has 184 valence electrons. The normalized spacial score (nSPS) is 12.8. The Hall–Kier alpha value is -2.46. The van der Waals surface area contributed by atoms with Crippen LogP contribution in [-0.2, 0) is 25.7 Å². The maximum absolute atomic E-state index is 11.3. The van der Waals surface area contributed by atoms with Gasteiger partial charge < -0.3 is 19.7 Å². The van der Waals surface area contributed by atoms with Crippen molar-refractivity contribution in [2.45, 2.75) is 25.7 Å². The fourth-order valence-electron chi connectivity index (χ4n) is 5.15. The number of phenolic OH excluding ortho intramolecular Hbond substituents is 2. The molecule has 8 bridgehead atoms. The number of methoxy groups -OCH3 is 2. The van der Waals surface area contributed by atoms with Gasteiger partial charge in [0.25, 0.3) is 0 Å². The molecule has 0 atom stereocenters. The summed E-state index contributed by atoms with van der Waals surface area (Å²) in [5, 5.41) is 22.7. The third-order valence-electron chi connectivity index (χ3n) is 6.75. The first kappa shape index (κ1) is 25.2. The van der Waals surface area contributed by atoms with Crippen molar-refractivity contribution in [1.82, 2.24) is 0 Å². The average Bonchev–Trinajstić information content (AvgIpc) is 2.84. The number of benzene rings is 4. The van der Waals surface area contributed by atoms with Gasteiger partial charge in [0.15, 0.2) is 0 Å². The first-order valence-corrected chi connectivity index (χ1v) is 13.8. The van der Waals surface area contributed by atoms with E-state index in [1.165, 1.54) is 0 Å². The number of fused-ring (bicyclic) bond motifs is 8. The summed E-state index contributed by atoms with van der Waals surface area (Å²) in [5.41, 5.74) is 7.40. The van der Waals surface area contributed by atoms with Gasteiger partial charge in [-0.05, 0) is 114 Å². The highest BCUT2D eigenvalue weighted by molar-refractivity contribution is 14.1. The van der Waals surface area contributed by atoms with Gasteiger partial charge >= 0.3 is 0 Å². The van der Waals surface area contributed by atoms with Crippen LogP contribution in [0.25, 0.3) is 0 Å². The molecule has 4 aromatic rings. The largest absolute Gasteiger partial charge is 0.507 e. The molecule has 5 rings (SSSR count). The van der Waals surface area contributed by atoms with Crippen molar-refractivity contribution >= 4 is 45.2 Å². The molecule has 0 aliphatic heterocycles. The Balaban J connectivity index is 1.77. The molecule has 0 saturated heterocycles. The summed E-state index contributed by atoms with van der Waals surface area (Å²) in [6.45, 7) is 0. The van der Waals surface area contributed by atoms with Crippen molar-refractivity contribution in [3.63, 3.8) is 0 Å². The van der Waals surface area contributed by atoms with Gasteiger partial charge in [0.2, 0.25) is 0 Å². The molecule has 6 heteroatoms. The Morgan fingerprint density at radius 2 is 0.806 bits per heavy atom. The van der Waals surface area contributed by atoms with Crippen molar-refractivity contribution in [3.05, 3.63) is 112 Å². The first-order chi connectivity index (χ1) is 17.4. The van der Waals surface area contributed by atoms with Crippen LogP contribution in [0.3, 0.4) is 0 Å². The van der Waals surface area contributed by atoms with Gasteiger partial charge in [-0.3, -0.25) is 0 Å². The van der Waals surface area contributed by atoms with Gasteiger partial charge in [-0.15, -0.1) is 0 Å². The molecular weight excluding hydrogens is 678 g/mol. The van der Waals surface area contributed by atoms with Crippen LogP contribution in [0.15, 0.2) is 60.7 Å². The quantitative estimate of drug-likeness (QED) is 0.195. The fourth-order valence-corrected chi connectivity index (χ4v) is 6.66. The fraction of sp³-hybridized carbons (Fsp3) is 0.200. The Morgan fingerprint density at radius 3 is 1.06 bits per heavy atom. The van der Waals surface area contributed by atoms with Crippen LogP contribution < -0.4 is 9.47 Å². The highest BCUT2D eigenvalue weighted by atomic mass is 127. The number of para-hydroxylation sites is 2. The summed E-state index contributed by atoms with van der Waals surface area (Å²) in [6.07, 6.45) is 2.14. The second kappa shape index (κ2) is 10.5. The highest BCUT2D eigenvalue weighted by Crippen LogP contribution is 2.38. The number of aromatic hydroxyl groups is 2. The van der Waals surface area contributed by atoms with Gasteiger partial charge in [0.05, 0.1) is 14.2 Å². The number of hydrogen-bond donors (Lipinski definition) is 2. The van der Waals surface area contributed by atoms with E-state index in [4.69, 9.17) is 9.47 Å². The maximum Gasteiger partial charge on any atom is 0.125 e. The molecular formula is C30H26I2O4. The van der Waals surface area contributed by atoms with Gasteiger partial charge in [0, 0.05) is 32.8 Å². The standard InChI is InChI=1S/C30H26I2O4/c1-35-29-17-5-3-6-18(29)10-22-14-26(32)16-24(28(22)34)12-20-8-4-7-19(30(20)36-2)11-23-15-25(31)13-21(9-17)27(23)33/h3-8,13-16,33-34H,9-12H2,1-2H3. The van der Waals surface area contributed by atoms with E-state index in [1.54, 1.807) is 14.2 Å². The zero-order valence-electron chi connectivity index (χ0n) is 20.1. The summed E-state index contributed by atoms with van der Waals surface area (Å²) in [6, 6.07) is 20.3. The van der Waals surface area contributed by atoms with Crippen LogP contribution in [0.4, 0.5) is 0 Å². The number of rotatable bonds is 2. The van der Waals surface area contributed by atoms with Gasteiger partial charge in [0.1, 0.15) is 23.0 Å². The number of hydrogen-bond acceptors (Lipinski definition) is 4. The molecule has 0 unspecified atom stereocenters. The van der Waals surface area contributed by atoms with Gasteiger partial charge in [-0.2, -0.15) is 0 Å². The summed E-state index contributed by atoms with van der Waals surface area (Å²) in [7, 11) is 3.36. The van der Waals surface area contributed by atoms with Crippen LogP contribution in [0.2, 0.25) is 0 Å². The maximum atomic E-state index is 11.3. The molecule has 1 aliphatic carbocycles. The lowest BCUT2D eigenvalue weighted by atomic mass is 9.91. The number of phenols is 2. The zero-order valence-corrected chi connectivity index (χ0v) is 24.4. The van der Waals surface area contributed by atoms with Crippen LogP contribution in [0.1, 0.15) is 44.5 Å². The highest BCUT2D eigenvalue weighted by Gasteiger charge is 2.20. The predicted molar refractivity (Wildman–Crippen MR) is 159 cm³/mol. The molecule has 2 N–H and O–H groups in total.